The van der Waals surface area contributed by atoms with E-state index in [0.717, 1.165) is 29.4 Å². The number of anilines is 1. The topological polar surface area (TPSA) is 29.3 Å². The molecule has 0 radical (unpaired) electrons. The molecule has 1 aliphatic heterocycles. The van der Waals surface area contributed by atoms with Gasteiger partial charge in [0.15, 0.2) is 0 Å². The lowest BCUT2D eigenvalue weighted by molar-refractivity contribution is 0.815. The van der Waals surface area contributed by atoms with Crippen molar-refractivity contribution >= 4 is 17.3 Å². The molecule has 1 unspecified atom stereocenters. The lowest BCUT2D eigenvalue weighted by Crippen LogP contribution is -2.15. The van der Waals surface area contributed by atoms with Gasteiger partial charge in [0.2, 0.25) is 0 Å². The van der Waals surface area contributed by atoms with Crippen LogP contribution in [0.25, 0.3) is 0 Å². The Hall–Kier alpha value is -1.51. The third-order valence-electron chi connectivity index (χ3n) is 3.68. The van der Waals surface area contributed by atoms with Crippen LogP contribution >= 0.6 is 11.6 Å². The third kappa shape index (κ3) is 2.34. The van der Waals surface area contributed by atoms with Gasteiger partial charge in [-0.3, -0.25) is 0 Å². The number of hydrogen-bond donors (Lipinski definition) is 1. The van der Waals surface area contributed by atoms with Gasteiger partial charge in [-0.1, -0.05) is 41.9 Å². The standard InChI is InChI=1S/C16H17ClN2/c1-11(18)12-6-7-16(15(17)8-12)19-9-13-4-2-3-5-14(13)10-19/h2-8,11H,9-10,18H2,1H3. The molecule has 98 valence electrons. The van der Waals surface area contributed by atoms with E-state index in [4.69, 9.17) is 17.3 Å². The molecule has 0 amide bonds. The quantitative estimate of drug-likeness (QED) is 0.899. The summed E-state index contributed by atoms with van der Waals surface area (Å²) in [6, 6.07) is 14.7. The normalized spacial score (nSPS) is 15.4. The average Bonchev–Trinajstić information content (AvgIpc) is 2.81. The van der Waals surface area contributed by atoms with E-state index in [1.807, 2.05) is 13.0 Å². The predicted molar refractivity (Wildman–Crippen MR) is 80.4 cm³/mol. The zero-order valence-electron chi connectivity index (χ0n) is 10.9. The SMILES string of the molecule is CC(N)c1ccc(N2Cc3ccccc3C2)c(Cl)c1. The van der Waals surface area contributed by atoms with Gasteiger partial charge in [0.1, 0.15) is 0 Å². The summed E-state index contributed by atoms with van der Waals surface area (Å²) in [4.78, 5) is 2.30. The summed E-state index contributed by atoms with van der Waals surface area (Å²) in [6.07, 6.45) is 0. The van der Waals surface area contributed by atoms with E-state index in [2.05, 4.69) is 41.3 Å². The molecular weight excluding hydrogens is 256 g/mol. The Morgan fingerprint density at radius 1 is 1.11 bits per heavy atom. The van der Waals surface area contributed by atoms with Crippen molar-refractivity contribution < 1.29 is 0 Å². The Labute approximate surface area is 118 Å². The van der Waals surface area contributed by atoms with Crippen molar-refractivity contribution in [3.63, 3.8) is 0 Å². The minimum atomic E-state index is 0.0160. The van der Waals surface area contributed by atoms with Gasteiger partial charge in [-0.25, -0.2) is 0 Å². The van der Waals surface area contributed by atoms with Crippen molar-refractivity contribution in [2.45, 2.75) is 26.1 Å². The second kappa shape index (κ2) is 4.87. The van der Waals surface area contributed by atoms with E-state index in [-0.39, 0.29) is 6.04 Å². The first-order valence-electron chi connectivity index (χ1n) is 6.52. The summed E-state index contributed by atoms with van der Waals surface area (Å²) in [6.45, 7) is 3.82. The Balaban J connectivity index is 1.89. The van der Waals surface area contributed by atoms with Crippen LogP contribution in [-0.4, -0.2) is 0 Å². The van der Waals surface area contributed by atoms with Crippen molar-refractivity contribution in [2.75, 3.05) is 4.90 Å². The lowest BCUT2D eigenvalue weighted by Gasteiger charge is -2.20. The summed E-state index contributed by atoms with van der Waals surface area (Å²) in [5.41, 5.74) is 10.8. The van der Waals surface area contributed by atoms with Gasteiger partial charge in [0, 0.05) is 19.1 Å². The number of nitrogens with zero attached hydrogens (tertiary/aromatic N) is 1. The summed E-state index contributed by atoms with van der Waals surface area (Å²) in [5.74, 6) is 0. The van der Waals surface area contributed by atoms with Crippen LogP contribution < -0.4 is 10.6 Å². The van der Waals surface area contributed by atoms with E-state index in [1.165, 1.54) is 11.1 Å². The highest BCUT2D eigenvalue weighted by Crippen LogP contribution is 2.34. The van der Waals surface area contributed by atoms with Crippen molar-refractivity contribution in [3.8, 4) is 0 Å². The molecule has 0 fully saturated rings. The maximum absolute atomic E-state index is 6.40. The van der Waals surface area contributed by atoms with Crippen LogP contribution in [0.1, 0.15) is 29.7 Å². The smallest absolute Gasteiger partial charge is 0.0643 e. The maximum atomic E-state index is 6.40. The zero-order valence-corrected chi connectivity index (χ0v) is 11.7. The molecule has 0 saturated carbocycles. The third-order valence-corrected chi connectivity index (χ3v) is 3.98. The van der Waals surface area contributed by atoms with Crippen LogP contribution in [0.2, 0.25) is 5.02 Å². The Morgan fingerprint density at radius 2 is 1.74 bits per heavy atom. The van der Waals surface area contributed by atoms with Crippen molar-refractivity contribution in [2.24, 2.45) is 5.73 Å². The van der Waals surface area contributed by atoms with Crippen LogP contribution in [0.4, 0.5) is 5.69 Å². The van der Waals surface area contributed by atoms with Crippen LogP contribution in [-0.2, 0) is 13.1 Å². The molecule has 0 spiro atoms. The Bertz CT molecular complexity index is 582. The van der Waals surface area contributed by atoms with Crippen LogP contribution in [0.5, 0.6) is 0 Å². The van der Waals surface area contributed by atoms with Gasteiger partial charge in [0.05, 0.1) is 10.7 Å². The van der Waals surface area contributed by atoms with E-state index in [1.54, 1.807) is 0 Å². The molecule has 0 aromatic heterocycles. The van der Waals surface area contributed by atoms with Crippen molar-refractivity contribution in [1.29, 1.82) is 0 Å². The van der Waals surface area contributed by atoms with E-state index in [0.29, 0.717) is 0 Å². The first-order chi connectivity index (χ1) is 9.15. The van der Waals surface area contributed by atoms with E-state index >= 15 is 0 Å². The second-order valence-electron chi connectivity index (χ2n) is 5.12. The molecule has 1 aliphatic rings. The Kier molecular flexibility index (Phi) is 3.21. The molecular formula is C16H17ClN2. The van der Waals surface area contributed by atoms with E-state index in [9.17, 15) is 0 Å². The van der Waals surface area contributed by atoms with Crippen molar-refractivity contribution in [1.82, 2.24) is 0 Å². The lowest BCUT2D eigenvalue weighted by atomic mass is 10.1. The fraction of sp³-hybridized carbons (Fsp3) is 0.250. The molecule has 3 heteroatoms. The average molecular weight is 273 g/mol. The molecule has 1 atom stereocenters. The second-order valence-corrected chi connectivity index (χ2v) is 5.53. The molecule has 3 rings (SSSR count). The fourth-order valence-corrected chi connectivity index (χ4v) is 2.87. The number of nitrogens with two attached hydrogens (primary N) is 1. The minimum absolute atomic E-state index is 0.0160. The highest BCUT2D eigenvalue weighted by Gasteiger charge is 2.20. The monoisotopic (exact) mass is 272 g/mol. The highest BCUT2D eigenvalue weighted by molar-refractivity contribution is 6.33. The summed E-state index contributed by atoms with van der Waals surface area (Å²) >= 11 is 6.40. The number of fused-ring (bicyclic) bond motifs is 1. The number of hydrogen-bond acceptors (Lipinski definition) is 2. The van der Waals surface area contributed by atoms with Crippen molar-refractivity contribution in [3.05, 3.63) is 64.2 Å². The van der Waals surface area contributed by atoms with E-state index < -0.39 is 0 Å². The van der Waals surface area contributed by atoms with Gasteiger partial charge in [-0.2, -0.15) is 0 Å². The summed E-state index contributed by atoms with van der Waals surface area (Å²) < 4.78 is 0. The number of rotatable bonds is 2. The first kappa shape index (κ1) is 12.5. The molecule has 2 aromatic carbocycles. The Morgan fingerprint density at radius 3 is 2.26 bits per heavy atom. The van der Waals surface area contributed by atoms with Gasteiger partial charge in [-0.15, -0.1) is 0 Å². The molecule has 2 aromatic rings. The number of benzene rings is 2. The predicted octanol–water partition coefficient (Wildman–Crippen LogP) is 3.88. The largest absolute Gasteiger partial charge is 0.362 e. The van der Waals surface area contributed by atoms with Crippen LogP contribution in [0.3, 0.4) is 0 Å². The first-order valence-corrected chi connectivity index (χ1v) is 6.89. The van der Waals surface area contributed by atoms with Gasteiger partial charge >= 0.3 is 0 Å². The molecule has 2 nitrogen and oxygen atoms in total. The van der Waals surface area contributed by atoms with Gasteiger partial charge in [-0.05, 0) is 35.7 Å². The fourth-order valence-electron chi connectivity index (χ4n) is 2.57. The number of halogens is 1. The highest BCUT2D eigenvalue weighted by atomic mass is 35.5. The molecule has 2 N–H and O–H groups in total. The summed E-state index contributed by atoms with van der Waals surface area (Å²) in [5, 5.41) is 0.780. The van der Waals surface area contributed by atoms with Crippen LogP contribution in [0.15, 0.2) is 42.5 Å². The molecule has 19 heavy (non-hydrogen) atoms. The van der Waals surface area contributed by atoms with Crippen LogP contribution in [0, 0.1) is 0 Å². The van der Waals surface area contributed by atoms with Gasteiger partial charge < -0.3 is 10.6 Å². The zero-order chi connectivity index (χ0) is 13.4. The molecule has 0 saturated heterocycles. The molecule has 0 aliphatic carbocycles. The van der Waals surface area contributed by atoms with Gasteiger partial charge in [0.25, 0.3) is 0 Å². The molecule has 1 heterocycles. The minimum Gasteiger partial charge on any atom is -0.362 e. The summed E-state index contributed by atoms with van der Waals surface area (Å²) in [7, 11) is 0. The maximum Gasteiger partial charge on any atom is 0.0643 e. The molecule has 0 bridgehead atoms.